The Balaban J connectivity index is 1.66. The summed E-state index contributed by atoms with van der Waals surface area (Å²) in [5.74, 6) is 1.70. The van der Waals surface area contributed by atoms with Crippen molar-refractivity contribution >= 4 is 11.5 Å². The third-order valence-electron chi connectivity index (χ3n) is 4.98. The number of anilines is 1. The first-order valence-corrected chi connectivity index (χ1v) is 8.16. The molecule has 2 heterocycles. The number of hydrogen-bond donors (Lipinski definition) is 2. The van der Waals surface area contributed by atoms with Crippen LogP contribution in [0.2, 0.25) is 0 Å². The molecule has 0 amide bonds. The summed E-state index contributed by atoms with van der Waals surface area (Å²) in [6.45, 7) is 0. The minimum absolute atomic E-state index is 0.340. The normalized spacial score (nSPS) is 26.7. The van der Waals surface area contributed by atoms with Crippen molar-refractivity contribution in [3.63, 3.8) is 0 Å². The molecule has 0 spiro atoms. The fourth-order valence-corrected chi connectivity index (χ4v) is 3.82. The Kier molecular flexibility index (Phi) is 3.30. The van der Waals surface area contributed by atoms with E-state index >= 15 is 0 Å². The van der Waals surface area contributed by atoms with Gasteiger partial charge >= 0.3 is 0 Å². The molecule has 0 bridgehead atoms. The van der Waals surface area contributed by atoms with E-state index in [1.165, 1.54) is 31.4 Å². The third kappa shape index (κ3) is 2.50. The van der Waals surface area contributed by atoms with Gasteiger partial charge in [0.25, 0.3) is 0 Å². The maximum absolute atomic E-state index is 6.03. The van der Waals surface area contributed by atoms with Crippen molar-refractivity contribution in [2.24, 2.45) is 5.73 Å². The Bertz CT molecular complexity index is 629. The molecule has 0 unspecified atom stereocenters. The summed E-state index contributed by atoms with van der Waals surface area (Å²) < 4.78 is 1.92. The highest BCUT2D eigenvalue weighted by atomic mass is 15.3. The van der Waals surface area contributed by atoms with Gasteiger partial charge in [0.15, 0.2) is 5.65 Å². The van der Waals surface area contributed by atoms with Crippen LogP contribution in [-0.4, -0.2) is 26.7 Å². The molecule has 21 heavy (non-hydrogen) atoms. The van der Waals surface area contributed by atoms with E-state index in [-0.39, 0.29) is 0 Å². The molecule has 112 valence electrons. The second-order valence-electron chi connectivity index (χ2n) is 6.56. The predicted molar refractivity (Wildman–Crippen MR) is 83.4 cm³/mol. The minimum Gasteiger partial charge on any atom is -0.367 e. The van der Waals surface area contributed by atoms with E-state index in [2.05, 4.69) is 16.5 Å². The zero-order valence-electron chi connectivity index (χ0n) is 12.3. The van der Waals surface area contributed by atoms with Crippen LogP contribution in [0, 0.1) is 0 Å². The number of rotatable bonds is 3. The van der Waals surface area contributed by atoms with Crippen LogP contribution in [0.4, 0.5) is 5.82 Å². The van der Waals surface area contributed by atoms with Crippen molar-refractivity contribution in [1.82, 2.24) is 14.6 Å². The van der Waals surface area contributed by atoms with E-state index in [4.69, 9.17) is 10.7 Å². The van der Waals surface area contributed by atoms with Gasteiger partial charge in [0.2, 0.25) is 0 Å². The van der Waals surface area contributed by atoms with E-state index in [9.17, 15) is 0 Å². The van der Waals surface area contributed by atoms with Gasteiger partial charge in [-0.15, -0.1) is 0 Å². The number of nitrogens with zero attached hydrogens (tertiary/aromatic N) is 3. The zero-order valence-corrected chi connectivity index (χ0v) is 12.3. The molecule has 0 radical (unpaired) electrons. The Morgan fingerprint density at radius 3 is 2.81 bits per heavy atom. The van der Waals surface area contributed by atoms with E-state index in [0.717, 1.165) is 30.7 Å². The van der Waals surface area contributed by atoms with Crippen LogP contribution in [0.15, 0.2) is 18.3 Å². The number of aromatic nitrogens is 3. The largest absolute Gasteiger partial charge is 0.367 e. The van der Waals surface area contributed by atoms with Crippen LogP contribution in [0.3, 0.4) is 0 Å². The molecule has 5 nitrogen and oxygen atoms in total. The summed E-state index contributed by atoms with van der Waals surface area (Å²) in [6, 6.07) is 5.00. The van der Waals surface area contributed by atoms with E-state index in [1.807, 2.05) is 16.8 Å². The molecule has 0 saturated heterocycles. The number of nitrogens with one attached hydrogen (secondary N) is 1. The molecule has 2 aliphatic carbocycles. The van der Waals surface area contributed by atoms with Gasteiger partial charge in [0.05, 0.1) is 6.20 Å². The molecular weight excluding hydrogens is 262 g/mol. The summed E-state index contributed by atoms with van der Waals surface area (Å²) in [4.78, 5) is 4.80. The molecule has 0 aromatic carbocycles. The lowest BCUT2D eigenvalue weighted by Crippen LogP contribution is -2.22. The van der Waals surface area contributed by atoms with Gasteiger partial charge in [-0.3, -0.25) is 0 Å². The quantitative estimate of drug-likeness (QED) is 0.909. The number of fused-ring (bicyclic) bond motifs is 1. The van der Waals surface area contributed by atoms with Gasteiger partial charge in [-0.05, 0) is 32.1 Å². The number of nitrogens with two attached hydrogens (primary N) is 1. The maximum atomic E-state index is 6.03. The molecule has 2 saturated carbocycles. The lowest BCUT2D eigenvalue weighted by Gasteiger charge is -2.17. The van der Waals surface area contributed by atoms with Crippen molar-refractivity contribution in [2.45, 2.75) is 62.9 Å². The van der Waals surface area contributed by atoms with Crippen LogP contribution in [0.5, 0.6) is 0 Å². The first-order chi connectivity index (χ1) is 10.3. The standard InChI is InChI=1S/C16H23N5/c17-12-5-6-13(9-12)19-16-10-14(11-3-1-2-4-11)20-15-7-8-18-21(15)16/h7-8,10-13,19H,1-6,9,17H2/t12-,13+/m0/s1. The summed E-state index contributed by atoms with van der Waals surface area (Å²) in [5, 5.41) is 8.05. The third-order valence-corrected chi connectivity index (χ3v) is 4.98. The fourth-order valence-electron chi connectivity index (χ4n) is 3.82. The van der Waals surface area contributed by atoms with E-state index in [0.29, 0.717) is 18.0 Å². The minimum atomic E-state index is 0.340. The highest BCUT2D eigenvalue weighted by molar-refractivity contribution is 5.50. The van der Waals surface area contributed by atoms with E-state index in [1.54, 1.807) is 0 Å². The van der Waals surface area contributed by atoms with Gasteiger partial charge < -0.3 is 11.1 Å². The lowest BCUT2D eigenvalue weighted by molar-refractivity contribution is 0.678. The highest BCUT2D eigenvalue weighted by Gasteiger charge is 2.24. The molecule has 2 aromatic rings. The monoisotopic (exact) mass is 285 g/mol. The summed E-state index contributed by atoms with van der Waals surface area (Å²) >= 11 is 0. The van der Waals surface area contributed by atoms with Gasteiger partial charge in [-0.1, -0.05) is 12.8 Å². The van der Waals surface area contributed by atoms with Crippen molar-refractivity contribution in [3.05, 3.63) is 24.0 Å². The fraction of sp³-hybridized carbons (Fsp3) is 0.625. The van der Waals surface area contributed by atoms with Crippen LogP contribution < -0.4 is 11.1 Å². The van der Waals surface area contributed by atoms with Crippen molar-refractivity contribution in [3.8, 4) is 0 Å². The SMILES string of the molecule is N[C@H]1CC[C@@H](Nc2cc(C3CCCC3)nc3ccnn23)C1. The molecule has 2 fully saturated rings. The first kappa shape index (κ1) is 13.1. The smallest absolute Gasteiger partial charge is 0.157 e. The number of hydrogen-bond acceptors (Lipinski definition) is 4. The Labute approximate surface area is 124 Å². The average Bonchev–Trinajstić information content (AvgIpc) is 3.18. The van der Waals surface area contributed by atoms with Crippen molar-refractivity contribution in [2.75, 3.05) is 5.32 Å². The van der Waals surface area contributed by atoms with E-state index < -0.39 is 0 Å². The van der Waals surface area contributed by atoms with Gasteiger partial charge in [-0.25, -0.2) is 4.98 Å². The average molecular weight is 285 g/mol. The summed E-state index contributed by atoms with van der Waals surface area (Å²) in [6.07, 6.45) is 10.3. The Morgan fingerprint density at radius 1 is 1.19 bits per heavy atom. The van der Waals surface area contributed by atoms with Crippen LogP contribution >= 0.6 is 0 Å². The molecule has 3 N–H and O–H groups in total. The lowest BCUT2D eigenvalue weighted by atomic mass is 10.0. The highest BCUT2D eigenvalue weighted by Crippen LogP contribution is 2.34. The van der Waals surface area contributed by atoms with Crippen molar-refractivity contribution in [1.29, 1.82) is 0 Å². The Hall–Kier alpha value is -1.62. The summed E-state index contributed by atoms with van der Waals surface area (Å²) in [5.41, 5.74) is 8.20. The summed E-state index contributed by atoms with van der Waals surface area (Å²) in [7, 11) is 0. The maximum Gasteiger partial charge on any atom is 0.157 e. The second-order valence-corrected chi connectivity index (χ2v) is 6.56. The molecule has 0 aliphatic heterocycles. The molecule has 4 rings (SSSR count). The molecule has 5 heteroatoms. The molecular formula is C16H23N5. The Morgan fingerprint density at radius 2 is 2.05 bits per heavy atom. The molecule has 2 aromatic heterocycles. The van der Waals surface area contributed by atoms with Gasteiger partial charge in [-0.2, -0.15) is 9.61 Å². The zero-order chi connectivity index (χ0) is 14.2. The van der Waals surface area contributed by atoms with Gasteiger partial charge in [0.1, 0.15) is 5.82 Å². The predicted octanol–water partition coefficient (Wildman–Crippen LogP) is 2.68. The molecule has 2 aliphatic rings. The van der Waals surface area contributed by atoms with Crippen molar-refractivity contribution < 1.29 is 0 Å². The van der Waals surface area contributed by atoms with Crippen LogP contribution in [-0.2, 0) is 0 Å². The molecule has 2 atom stereocenters. The van der Waals surface area contributed by atoms with Crippen LogP contribution in [0.25, 0.3) is 5.65 Å². The van der Waals surface area contributed by atoms with Gasteiger partial charge in [0, 0.05) is 35.8 Å². The topological polar surface area (TPSA) is 68.2 Å². The van der Waals surface area contributed by atoms with Crippen LogP contribution in [0.1, 0.15) is 56.6 Å². The second kappa shape index (κ2) is 5.30. The first-order valence-electron chi connectivity index (χ1n) is 8.16.